The molecule has 1 heterocycles. The summed E-state index contributed by atoms with van der Waals surface area (Å²) in [6.45, 7) is -0.446. The Bertz CT molecular complexity index is 1110. The molecule has 0 saturated heterocycles. The fraction of sp³-hybridized carbons (Fsp3) is 0.0500. The zero-order valence-corrected chi connectivity index (χ0v) is 17.5. The minimum atomic E-state index is -3.96. The van der Waals surface area contributed by atoms with Gasteiger partial charge in [0.25, 0.3) is 15.9 Å². The van der Waals surface area contributed by atoms with Crippen molar-refractivity contribution in [1.29, 1.82) is 0 Å². The van der Waals surface area contributed by atoms with E-state index in [1.165, 1.54) is 30.7 Å². The summed E-state index contributed by atoms with van der Waals surface area (Å²) in [5.41, 5.74) is 3.42. The molecule has 1 amide bonds. The summed E-state index contributed by atoms with van der Waals surface area (Å²) in [4.78, 5) is 16.4. The van der Waals surface area contributed by atoms with Gasteiger partial charge < -0.3 is 0 Å². The first-order valence-corrected chi connectivity index (χ1v) is 10.8. The van der Waals surface area contributed by atoms with Gasteiger partial charge in [0.1, 0.15) is 6.54 Å². The van der Waals surface area contributed by atoms with E-state index >= 15 is 0 Å². The molecule has 0 aliphatic heterocycles. The Labute approximate surface area is 177 Å². The van der Waals surface area contributed by atoms with E-state index in [1.54, 1.807) is 30.3 Å². The Kier molecular flexibility index (Phi) is 6.73. The van der Waals surface area contributed by atoms with E-state index in [2.05, 4.69) is 31.4 Å². The number of pyridine rings is 1. The quantitative estimate of drug-likeness (QED) is 0.422. The number of nitrogens with one attached hydrogen (secondary N) is 1. The number of carbonyl (C=O) groups is 1. The number of halogens is 1. The number of benzene rings is 2. The highest BCUT2D eigenvalue weighted by molar-refractivity contribution is 9.10. The zero-order valence-electron chi connectivity index (χ0n) is 15.1. The standard InChI is InChI=1S/C20H17BrN4O3S/c21-17-7-4-6-16(12-17)13-23-24-20(26)15-25(18-8-5-11-22-14-18)29(27,28)19-9-2-1-3-10-19/h1-14H,15H2,(H,24,26)/b23-13-. The van der Waals surface area contributed by atoms with Crippen LogP contribution in [0.4, 0.5) is 5.69 Å². The minimum absolute atomic E-state index is 0.0780. The number of nitrogens with zero attached hydrogens (tertiary/aromatic N) is 3. The summed E-state index contributed by atoms with van der Waals surface area (Å²) in [6.07, 6.45) is 4.39. The van der Waals surface area contributed by atoms with Crippen molar-refractivity contribution in [2.75, 3.05) is 10.8 Å². The van der Waals surface area contributed by atoms with Crippen LogP contribution in [0.25, 0.3) is 0 Å². The van der Waals surface area contributed by atoms with Gasteiger partial charge in [0.15, 0.2) is 0 Å². The lowest BCUT2D eigenvalue weighted by atomic mass is 10.2. The summed E-state index contributed by atoms with van der Waals surface area (Å²) < 4.78 is 28.0. The average Bonchev–Trinajstić information content (AvgIpc) is 2.73. The molecule has 0 atom stereocenters. The molecule has 0 fully saturated rings. The lowest BCUT2D eigenvalue weighted by molar-refractivity contribution is -0.119. The van der Waals surface area contributed by atoms with Gasteiger partial charge in [-0.25, -0.2) is 13.8 Å². The number of sulfonamides is 1. The molecule has 0 radical (unpaired) electrons. The maximum atomic E-state index is 13.1. The van der Waals surface area contributed by atoms with Crippen molar-refractivity contribution in [2.45, 2.75) is 4.90 Å². The van der Waals surface area contributed by atoms with Gasteiger partial charge in [0.05, 0.1) is 23.0 Å². The van der Waals surface area contributed by atoms with Gasteiger partial charge in [-0.2, -0.15) is 5.10 Å². The summed E-state index contributed by atoms with van der Waals surface area (Å²) in [5, 5.41) is 3.90. The average molecular weight is 473 g/mol. The normalized spacial score (nSPS) is 11.3. The third kappa shape index (κ3) is 5.49. The lowest BCUT2D eigenvalue weighted by Gasteiger charge is -2.23. The van der Waals surface area contributed by atoms with Crippen molar-refractivity contribution in [3.8, 4) is 0 Å². The van der Waals surface area contributed by atoms with Crippen LogP contribution in [-0.2, 0) is 14.8 Å². The van der Waals surface area contributed by atoms with Crippen LogP contribution in [0, 0.1) is 0 Å². The fourth-order valence-electron chi connectivity index (χ4n) is 2.47. The largest absolute Gasteiger partial charge is 0.271 e. The molecule has 148 valence electrons. The number of rotatable bonds is 7. The minimum Gasteiger partial charge on any atom is -0.271 e. The van der Waals surface area contributed by atoms with Crippen molar-refractivity contribution in [3.05, 3.63) is 89.2 Å². The molecule has 0 spiro atoms. The van der Waals surface area contributed by atoms with Crippen LogP contribution in [0.5, 0.6) is 0 Å². The van der Waals surface area contributed by atoms with E-state index in [-0.39, 0.29) is 10.6 Å². The monoisotopic (exact) mass is 472 g/mol. The highest BCUT2D eigenvalue weighted by Crippen LogP contribution is 2.22. The molecule has 0 saturated carbocycles. The Hall–Kier alpha value is -3.04. The summed E-state index contributed by atoms with van der Waals surface area (Å²) in [5.74, 6) is -0.584. The SMILES string of the molecule is O=C(CN(c1cccnc1)S(=O)(=O)c1ccccc1)N/N=C\c1cccc(Br)c1. The molecule has 1 N–H and O–H groups in total. The van der Waals surface area contributed by atoms with Gasteiger partial charge in [0, 0.05) is 10.7 Å². The van der Waals surface area contributed by atoms with Crippen LogP contribution in [0.1, 0.15) is 5.56 Å². The van der Waals surface area contributed by atoms with Crippen molar-refractivity contribution in [1.82, 2.24) is 10.4 Å². The first kappa shape index (κ1) is 20.7. The summed E-state index contributed by atoms with van der Waals surface area (Å²) >= 11 is 3.36. The highest BCUT2D eigenvalue weighted by atomic mass is 79.9. The second kappa shape index (κ2) is 9.44. The Balaban J connectivity index is 1.79. The molecule has 0 bridgehead atoms. The van der Waals surface area contributed by atoms with Crippen molar-refractivity contribution >= 4 is 43.8 Å². The molecule has 3 aromatic rings. The maximum absolute atomic E-state index is 13.1. The second-order valence-electron chi connectivity index (χ2n) is 5.88. The molecular formula is C20H17BrN4O3S. The highest BCUT2D eigenvalue weighted by Gasteiger charge is 2.27. The molecule has 3 rings (SSSR count). The second-order valence-corrected chi connectivity index (χ2v) is 8.66. The van der Waals surface area contributed by atoms with E-state index in [4.69, 9.17) is 0 Å². The fourth-order valence-corrected chi connectivity index (χ4v) is 4.31. The van der Waals surface area contributed by atoms with Gasteiger partial charge in [-0.15, -0.1) is 0 Å². The third-order valence-electron chi connectivity index (χ3n) is 3.80. The molecule has 9 heteroatoms. The van der Waals surface area contributed by atoms with Crippen LogP contribution in [-0.4, -0.2) is 32.1 Å². The van der Waals surface area contributed by atoms with Crippen molar-refractivity contribution < 1.29 is 13.2 Å². The number of hydrogen-bond acceptors (Lipinski definition) is 5. The summed E-state index contributed by atoms with van der Waals surface area (Å²) in [7, 11) is -3.96. The van der Waals surface area contributed by atoms with Crippen molar-refractivity contribution in [2.24, 2.45) is 5.10 Å². The number of hydrazone groups is 1. The molecule has 2 aromatic carbocycles. The molecular weight excluding hydrogens is 456 g/mol. The van der Waals surface area contributed by atoms with E-state index < -0.39 is 22.5 Å². The van der Waals surface area contributed by atoms with Crippen molar-refractivity contribution in [3.63, 3.8) is 0 Å². The van der Waals surface area contributed by atoms with Crippen LogP contribution < -0.4 is 9.73 Å². The predicted octanol–water partition coefficient (Wildman–Crippen LogP) is 3.19. The first-order chi connectivity index (χ1) is 14.0. The van der Waals surface area contributed by atoms with E-state index in [9.17, 15) is 13.2 Å². The topological polar surface area (TPSA) is 91.7 Å². The number of carbonyl (C=O) groups excluding carboxylic acids is 1. The van der Waals surface area contributed by atoms with E-state index in [1.807, 2.05) is 24.3 Å². The number of hydrogen-bond donors (Lipinski definition) is 1. The van der Waals surface area contributed by atoms with E-state index in [0.717, 1.165) is 14.3 Å². The first-order valence-electron chi connectivity index (χ1n) is 8.52. The molecule has 0 aliphatic rings. The molecule has 7 nitrogen and oxygen atoms in total. The zero-order chi connectivity index (χ0) is 20.7. The van der Waals surface area contributed by atoms with Gasteiger partial charge in [-0.05, 0) is 42.0 Å². The molecule has 0 unspecified atom stereocenters. The smallest absolute Gasteiger partial charge is 0.264 e. The lowest BCUT2D eigenvalue weighted by Crippen LogP contribution is -2.39. The maximum Gasteiger partial charge on any atom is 0.264 e. The van der Waals surface area contributed by atoms with E-state index in [0.29, 0.717) is 0 Å². The number of aromatic nitrogens is 1. The Morgan fingerprint density at radius 1 is 1.10 bits per heavy atom. The van der Waals surface area contributed by atoms with Gasteiger partial charge >= 0.3 is 0 Å². The Morgan fingerprint density at radius 2 is 1.90 bits per heavy atom. The predicted molar refractivity (Wildman–Crippen MR) is 115 cm³/mol. The molecule has 1 aromatic heterocycles. The van der Waals surface area contributed by atoms with Gasteiger partial charge in [-0.3, -0.25) is 14.1 Å². The summed E-state index contributed by atoms with van der Waals surface area (Å²) in [6, 6.07) is 18.4. The number of amides is 1. The van der Waals surface area contributed by atoms with Crippen LogP contribution >= 0.6 is 15.9 Å². The third-order valence-corrected chi connectivity index (χ3v) is 6.09. The van der Waals surface area contributed by atoms with Crippen LogP contribution in [0.3, 0.4) is 0 Å². The molecule has 0 aliphatic carbocycles. The number of anilines is 1. The Morgan fingerprint density at radius 3 is 2.59 bits per heavy atom. The van der Waals surface area contributed by atoms with Gasteiger partial charge in [-0.1, -0.05) is 46.3 Å². The van der Waals surface area contributed by atoms with Crippen LogP contribution in [0.15, 0.2) is 93.6 Å². The molecule has 29 heavy (non-hydrogen) atoms. The van der Waals surface area contributed by atoms with Crippen LogP contribution in [0.2, 0.25) is 0 Å². The van der Waals surface area contributed by atoms with Gasteiger partial charge in [0.2, 0.25) is 0 Å².